The van der Waals surface area contributed by atoms with Crippen molar-refractivity contribution in [1.82, 2.24) is 0 Å². The fraction of sp³-hybridized carbons (Fsp3) is 0.500. The van der Waals surface area contributed by atoms with Gasteiger partial charge in [0.25, 0.3) is 0 Å². The van der Waals surface area contributed by atoms with Gasteiger partial charge in [0.2, 0.25) is 0 Å². The molecule has 19 heavy (non-hydrogen) atoms. The topological polar surface area (TPSA) is 9.23 Å². The fourth-order valence-electron chi connectivity index (χ4n) is 1.69. The van der Waals surface area contributed by atoms with Gasteiger partial charge in [-0.25, -0.2) is 4.18 Å². The predicted molar refractivity (Wildman–Crippen MR) is 67.8 cm³/mol. The molecule has 0 fully saturated rings. The third kappa shape index (κ3) is 6.24. The Bertz CT molecular complexity index is 437. The van der Waals surface area contributed by atoms with Crippen molar-refractivity contribution in [2.45, 2.75) is 26.7 Å². The van der Waals surface area contributed by atoms with E-state index in [4.69, 9.17) is 0 Å². The van der Waals surface area contributed by atoms with Gasteiger partial charge in [0.05, 0.1) is 6.61 Å². The molecule has 0 amide bonds. The normalized spacial score (nSPS) is 17.9. The molecule has 1 atom stereocenters. The number of rotatable bonds is 5. The highest BCUT2D eigenvalue weighted by Gasteiger charge is 2.65. The molecule has 1 unspecified atom stereocenters. The summed E-state index contributed by atoms with van der Waals surface area (Å²) in [5, 5.41) is 0. The van der Waals surface area contributed by atoms with E-state index in [0.717, 1.165) is 5.56 Å². The molecule has 0 N–H and O–H groups in total. The zero-order valence-electron chi connectivity index (χ0n) is 10.9. The van der Waals surface area contributed by atoms with Crippen LogP contribution in [0.3, 0.4) is 0 Å². The molecule has 0 spiro atoms. The molecule has 1 aromatic carbocycles. The van der Waals surface area contributed by atoms with Gasteiger partial charge >= 0.3 is 10.5 Å². The molecule has 112 valence electrons. The van der Waals surface area contributed by atoms with Gasteiger partial charge in [0.15, 0.2) is 0 Å². The minimum Gasteiger partial charge on any atom is -0.239 e. The van der Waals surface area contributed by atoms with Crippen LogP contribution in [-0.2, 0) is 4.18 Å². The zero-order valence-corrected chi connectivity index (χ0v) is 11.7. The molecule has 1 nitrogen and oxygen atoms in total. The van der Waals surface area contributed by atoms with E-state index < -0.39 is 23.0 Å². The molecule has 1 aromatic rings. The first-order valence-electron chi connectivity index (χ1n) is 5.73. The van der Waals surface area contributed by atoms with E-state index in [0.29, 0.717) is 5.56 Å². The quantitative estimate of drug-likeness (QED) is 0.609. The Kier molecular flexibility index (Phi) is 3.71. The van der Waals surface area contributed by atoms with E-state index in [2.05, 4.69) is 4.18 Å². The van der Waals surface area contributed by atoms with Crippen molar-refractivity contribution in [3.8, 4) is 0 Å². The molecule has 0 radical (unpaired) electrons. The lowest BCUT2D eigenvalue weighted by Crippen LogP contribution is -2.19. The smallest absolute Gasteiger partial charge is 0.239 e. The van der Waals surface area contributed by atoms with Crippen LogP contribution in [0.1, 0.15) is 30.9 Å². The van der Waals surface area contributed by atoms with Crippen molar-refractivity contribution >= 4 is 10.5 Å². The van der Waals surface area contributed by atoms with Crippen LogP contribution in [0.4, 0.5) is 19.4 Å². The first-order chi connectivity index (χ1) is 8.27. The molecule has 0 saturated heterocycles. The van der Waals surface area contributed by atoms with Crippen molar-refractivity contribution < 1.29 is 23.6 Å². The monoisotopic (exact) mass is 304 g/mol. The average molecular weight is 304 g/mol. The summed E-state index contributed by atoms with van der Waals surface area (Å²) in [5.74, 6) is -0.980. The summed E-state index contributed by atoms with van der Waals surface area (Å²) in [6.07, 6.45) is 0. The second kappa shape index (κ2) is 4.34. The zero-order chi connectivity index (χ0) is 15.0. The van der Waals surface area contributed by atoms with Crippen molar-refractivity contribution in [2.24, 2.45) is 5.92 Å². The van der Waals surface area contributed by atoms with E-state index in [1.165, 1.54) is 0 Å². The highest BCUT2D eigenvalue weighted by molar-refractivity contribution is 8.42. The highest BCUT2D eigenvalue weighted by atomic mass is 32.5. The summed E-state index contributed by atoms with van der Waals surface area (Å²) < 4.78 is 64.1. The molecule has 0 aliphatic rings. The van der Waals surface area contributed by atoms with Crippen LogP contribution in [0.5, 0.6) is 0 Å². The van der Waals surface area contributed by atoms with E-state index in [1.807, 2.05) is 6.92 Å². The summed E-state index contributed by atoms with van der Waals surface area (Å²) in [6.45, 7) is 4.09. The lowest BCUT2D eigenvalue weighted by Gasteiger charge is -2.40. The van der Waals surface area contributed by atoms with Crippen LogP contribution >= 0.6 is 10.5 Å². The van der Waals surface area contributed by atoms with Gasteiger partial charge in [-0.3, -0.25) is 0 Å². The van der Waals surface area contributed by atoms with Gasteiger partial charge in [-0.05, 0) is 18.4 Å². The van der Waals surface area contributed by atoms with Gasteiger partial charge in [-0.1, -0.05) is 63.1 Å². The third-order valence-corrected chi connectivity index (χ3v) is 3.36. The Balaban J connectivity index is 2.90. The lowest BCUT2D eigenvalue weighted by molar-refractivity contribution is 0.136. The predicted octanol–water partition coefficient (Wildman–Crippen LogP) is 5.96. The summed E-state index contributed by atoms with van der Waals surface area (Å²) in [5.41, 5.74) is 1.50. The van der Waals surface area contributed by atoms with Crippen LogP contribution in [0.2, 0.25) is 0 Å². The molecule has 0 aromatic heterocycles. The van der Waals surface area contributed by atoms with Gasteiger partial charge in [-0.15, -0.1) is 0 Å². The lowest BCUT2D eigenvalue weighted by atomic mass is 9.89. The summed E-state index contributed by atoms with van der Waals surface area (Å²) in [7, 11) is -9.81. The van der Waals surface area contributed by atoms with E-state index in [9.17, 15) is 19.4 Å². The molecule has 1 rings (SSSR count). The molecule has 0 bridgehead atoms. The Morgan fingerprint density at radius 2 is 1.47 bits per heavy atom. The molecule has 0 heterocycles. The summed E-state index contributed by atoms with van der Waals surface area (Å²) in [6, 6.07) is 6.72. The number of hydrogen-bond acceptors (Lipinski definition) is 1. The van der Waals surface area contributed by atoms with Crippen LogP contribution in [0.15, 0.2) is 24.3 Å². The van der Waals surface area contributed by atoms with Gasteiger partial charge in [0, 0.05) is 5.92 Å². The van der Waals surface area contributed by atoms with Crippen LogP contribution in [-0.4, -0.2) is 6.61 Å². The number of halogens is 5. The van der Waals surface area contributed by atoms with Crippen LogP contribution in [0.25, 0.3) is 0 Å². The third-order valence-electron chi connectivity index (χ3n) is 2.78. The maximum Gasteiger partial charge on any atom is 0.397 e. The van der Waals surface area contributed by atoms with Crippen molar-refractivity contribution in [3.63, 3.8) is 0 Å². The van der Waals surface area contributed by atoms with Crippen LogP contribution < -0.4 is 0 Å². The largest absolute Gasteiger partial charge is 0.397 e. The van der Waals surface area contributed by atoms with Gasteiger partial charge in [0.1, 0.15) is 0 Å². The first-order valence-corrected chi connectivity index (χ1v) is 7.61. The molecule has 0 saturated carbocycles. The molecular formula is C12H17F5OS. The SMILES string of the molecule is Cc1ccc(C(COS(F)(F)(F)(F)F)C(C)C)cc1. The molecule has 0 aliphatic carbocycles. The van der Waals surface area contributed by atoms with Gasteiger partial charge < -0.3 is 0 Å². The first kappa shape index (κ1) is 16.2. The maximum absolute atomic E-state index is 12.2. The van der Waals surface area contributed by atoms with Crippen molar-refractivity contribution in [3.05, 3.63) is 35.4 Å². The van der Waals surface area contributed by atoms with Crippen LogP contribution in [0, 0.1) is 12.8 Å². The summed E-state index contributed by atoms with van der Waals surface area (Å²) >= 11 is 0. The highest BCUT2D eigenvalue weighted by Crippen LogP contribution is 2.98. The van der Waals surface area contributed by atoms with E-state index in [1.54, 1.807) is 38.1 Å². The maximum atomic E-state index is 12.2. The second-order valence-electron chi connectivity index (χ2n) is 4.94. The Morgan fingerprint density at radius 3 is 1.84 bits per heavy atom. The van der Waals surface area contributed by atoms with Crippen molar-refractivity contribution in [2.75, 3.05) is 6.61 Å². The standard InChI is InChI=1S/C12H17F5OS/c1-9(2)12(8-18-19(13,14,15,16)17)11-6-4-10(3)5-7-11/h4-7,9,12H,8H2,1-3H3. The van der Waals surface area contributed by atoms with E-state index >= 15 is 0 Å². The average Bonchev–Trinajstić information content (AvgIpc) is 2.16. The Labute approximate surface area is 109 Å². The summed E-state index contributed by atoms with van der Waals surface area (Å²) in [4.78, 5) is 0. The minimum absolute atomic E-state index is 0.248. The molecular weight excluding hydrogens is 287 g/mol. The second-order valence-corrected chi connectivity index (χ2v) is 6.98. The number of hydrogen-bond donors (Lipinski definition) is 0. The Morgan fingerprint density at radius 1 is 1.00 bits per heavy atom. The number of benzene rings is 1. The Hall–Kier alpha value is -0.820. The number of aryl methyl sites for hydroxylation is 1. The minimum atomic E-state index is -9.81. The van der Waals surface area contributed by atoms with Crippen molar-refractivity contribution in [1.29, 1.82) is 0 Å². The molecule has 7 heteroatoms. The van der Waals surface area contributed by atoms with Gasteiger partial charge in [-0.2, -0.15) is 0 Å². The fourth-order valence-corrected chi connectivity index (χ4v) is 2.09. The molecule has 0 aliphatic heterocycles. The van der Waals surface area contributed by atoms with E-state index in [-0.39, 0.29) is 5.92 Å².